The monoisotopic (exact) mass is 520 g/mol. The van der Waals surface area contributed by atoms with Gasteiger partial charge in [0, 0.05) is 22.3 Å². The highest BCUT2D eigenvalue weighted by molar-refractivity contribution is 6.01. The topological polar surface area (TPSA) is 118 Å². The SMILES string of the molecule is CC(=O)c1ccc(CC(=O)OCC(=O)[C@@]2(O)CCC3C4CCC5=CC(=O)C=CC5(C)C4C(O)CC32C)cc1. The molecule has 0 saturated heterocycles. The highest BCUT2D eigenvalue weighted by atomic mass is 16.5. The van der Waals surface area contributed by atoms with Gasteiger partial charge in [-0.15, -0.1) is 0 Å². The number of carbonyl (C=O) groups is 4. The van der Waals surface area contributed by atoms with Crippen LogP contribution in [0.15, 0.2) is 48.1 Å². The van der Waals surface area contributed by atoms with Crippen molar-refractivity contribution in [3.8, 4) is 0 Å². The molecule has 0 radical (unpaired) electrons. The van der Waals surface area contributed by atoms with Crippen molar-refractivity contribution in [2.24, 2.45) is 28.6 Å². The molecule has 0 bridgehead atoms. The fourth-order valence-electron chi connectivity index (χ4n) is 8.13. The summed E-state index contributed by atoms with van der Waals surface area (Å²) < 4.78 is 5.29. The average Bonchev–Trinajstić information content (AvgIpc) is 3.14. The van der Waals surface area contributed by atoms with E-state index in [4.69, 9.17) is 4.74 Å². The number of rotatable bonds is 6. The Hall–Kier alpha value is -2.90. The zero-order chi connectivity index (χ0) is 27.5. The van der Waals surface area contributed by atoms with Crippen LogP contribution in [0.25, 0.3) is 0 Å². The molecule has 6 unspecified atom stereocenters. The maximum absolute atomic E-state index is 13.4. The number of Topliss-reactive ketones (excluding diaryl/α,β-unsaturated/α-hetero) is 2. The summed E-state index contributed by atoms with van der Waals surface area (Å²) in [5.41, 5.74) is -0.680. The average molecular weight is 521 g/mol. The van der Waals surface area contributed by atoms with Crippen molar-refractivity contribution < 1.29 is 34.1 Å². The Morgan fingerprint density at radius 2 is 1.82 bits per heavy atom. The van der Waals surface area contributed by atoms with E-state index < -0.39 is 40.9 Å². The van der Waals surface area contributed by atoms with Crippen LogP contribution in [0.2, 0.25) is 0 Å². The Bertz CT molecular complexity index is 1240. The van der Waals surface area contributed by atoms with Crippen molar-refractivity contribution in [2.75, 3.05) is 6.61 Å². The predicted octanol–water partition coefficient (Wildman–Crippen LogP) is 3.55. The van der Waals surface area contributed by atoms with Crippen LogP contribution in [-0.2, 0) is 25.5 Å². The largest absolute Gasteiger partial charge is 0.457 e. The van der Waals surface area contributed by atoms with Gasteiger partial charge in [0.2, 0.25) is 5.78 Å². The molecule has 7 heteroatoms. The number of hydrogen-bond acceptors (Lipinski definition) is 7. The first-order valence-corrected chi connectivity index (χ1v) is 13.5. The number of benzene rings is 1. The molecule has 3 fully saturated rings. The minimum absolute atomic E-state index is 0.0190. The Morgan fingerprint density at radius 1 is 1.11 bits per heavy atom. The Balaban J connectivity index is 1.28. The lowest BCUT2D eigenvalue weighted by molar-refractivity contribution is -0.181. The van der Waals surface area contributed by atoms with Crippen LogP contribution in [0.1, 0.15) is 68.8 Å². The van der Waals surface area contributed by atoms with Crippen molar-refractivity contribution in [3.05, 3.63) is 59.2 Å². The molecule has 4 aliphatic rings. The van der Waals surface area contributed by atoms with Crippen molar-refractivity contribution in [1.82, 2.24) is 0 Å². The number of fused-ring (bicyclic) bond motifs is 5. The molecular weight excluding hydrogens is 484 g/mol. The third kappa shape index (κ3) is 4.11. The molecule has 5 rings (SSSR count). The van der Waals surface area contributed by atoms with Gasteiger partial charge >= 0.3 is 5.97 Å². The van der Waals surface area contributed by atoms with Crippen molar-refractivity contribution in [2.45, 2.75) is 71.0 Å². The molecule has 202 valence electrons. The fraction of sp³-hybridized carbons (Fsp3) is 0.548. The van der Waals surface area contributed by atoms with E-state index >= 15 is 0 Å². The number of hydrogen-bond donors (Lipinski definition) is 2. The zero-order valence-electron chi connectivity index (χ0n) is 22.2. The Labute approximate surface area is 223 Å². The summed E-state index contributed by atoms with van der Waals surface area (Å²) >= 11 is 0. The third-order valence-corrected chi connectivity index (χ3v) is 10.2. The lowest BCUT2D eigenvalue weighted by Gasteiger charge is -2.59. The number of ether oxygens (including phenoxy) is 1. The van der Waals surface area contributed by atoms with E-state index in [0.29, 0.717) is 17.5 Å². The van der Waals surface area contributed by atoms with Crippen LogP contribution in [0.5, 0.6) is 0 Å². The van der Waals surface area contributed by atoms with Crippen molar-refractivity contribution in [1.29, 1.82) is 0 Å². The van der Waals surface area contributed by atoms with Gasteiger partial charge in [0.1, 0.15) is 5.60 Å². The van der Waals surface area contributed by atoms with E-state index in [1.807, 2.05) is 13.0 Å². The normalized spacial score (nSPS) is 37.5. The first-order valence-electron chi connectivity index (χ1n) is 13.5. The van der Waals surface area contributed by atoms with Crippen LogP contribution in [0.4, 0.5) is 0 Å². The number of allylic oxidation sites excluding steroid dienone is 4. The third-order valence-electron chi connectivity index (χ3n) is 10.2. The summed E-state index contributed by atoms with van der Waals surface area (Å²) in [6.45, 7) is 4.93. The maximum Gasteiger partial charge on any atom is 0.310 e. The summed E-state index contributed by atoms with van der Waals surface area (Å²) in [6, 6.07) is 6.65. The van der Waals surface area contributed by atoms with Crippen molar-refractivity contribution in [3.63, 3.8) is 0 Å². The fourth-order valence-corrected chi connectivity index (χ4v) is 8.13. The maximum atomic E-state index is 13.4. The molecule has 7 nitrogen and oxygen atoms in total. The molecule has 0 aromatic heterocycles. The van der Waals surface area contributed by atoms with E-state index in [1.165, 1.54) is 6.92 Å². The molecule has 0 heterocycles. The highest BCUT2D eigenvalue weighted by Gasteiger charge is 2.68. The number of ketones is 3. The van der Waals surface area contributed by atoms with Crippen LogP contribution in [0, 0.1) is 28.6 Å². The molecule has 4 aliphatic carbocycles. The van der Waals surface area contributed by atoms with Gasteiger partial charge in [-0.05, 0) is 68.6 Å². The van der Waals surface area contributed by atoms with Gasteiger partial charge in [0.15, 0.2) is 18.2 Å². The minimum atomic E-state index is -1.69. The Morgan fingerprint density at radius 3 is 2.50 bits per heavy atom. The summed E-state index contributed by atoms with van der Waals surface area (Å²) in [4.78, 5) is 49.3. The molecule has 7 atom stereocenters. The van der Waals surface area contributed by atoms with Gasteiger partial charge in [-0.2, -0.15) is 0 Å². The Kier molecular flexibility index (Phi) is 6.59. The minimum Gasteiger partial charge on any atom is -0.457 e. The molecule has 0 amide bonds. The van der Waals surface area contributed by atoms with Gasteiger partial charge in [-0.25, -0.2) is 0 Å². The standard InChI is InChI=1S/C31H36O7/c1-18(32)20-6-4-19(5-7-20)14-27(36)38-17-26(35)31(37)13-11-24-23-9-8-21-15-22(33)10-12-29(21,2)28(23)25(34)16-30(24,31)3/h4-7,10,12,15,23-25,28,34,37H,8-9,11,13-14,16-17H2,1-3H3/t23?,24?,25?,28?,29?,30?,31-/m0/s1. The van der Waals surface area contributed by atoms with Crippen LogP contribution >= 0.6 is 0 Å². The lowest BCUT2D eigenvalue weighted by atomic mass is 9.46. The van der Waals surface area contributed by atoms with Crippen LogP contribution < -0.4 is 0 Å². The predicted molar refractivity (Wildman–Crippen MR) is 139 cm³/mol. The van der Waals surface area contributed by atoms with Gasteiger partial charge in [0.25, 0.3) is 0 Å². The van der Waals surface area contributed by atoms with Crippen LogP contribution in [0.3, 0.4) is 0 Å². The van der Waals surface area contributed by atoms with Gasteiger partial charge in [0.05, 0.1) is 12.5 Å². The lowest BCUT2D eigenvalue weighted by Crippen LogP contribution is -2.61. The van der Waals surface area contributed by atoms with E-state index in [0.717, 1.165) is 18.4 Å². The molecule has 0 aliphatic heterocycles. The summed E-state index contributed by atoms with van der Waals surface area (Å²) in [6.07, 6.45) is 7.18. The molecule has 0 spiro atoms. The summed E-state index contributed by atoms with van der Waals surface area (Å²) in [5.74, 6) is -1.15. The number of aliphatic hydroxyl groups excluding tert-OH is 1. The zero-order valence-corrected chi connectivity index (χ0v) is 22.2. The second kappa shape index (κ2) is 9.38. The summed E-state index contributed by atoms with van der Waals surface area (Å²) in [7, 11) is 0. The molecular formula is C31H36O7. The van der Waals surface area contributed by atoms with E-state index in [1.54, 1.807) is 36.4 Å². The number of aliphatic hydroxyl groups is 2. The van der Waals surface area contributed by atoms with Gasteiger partial charge in [-0.3, -0.25) is 19.2 Å². The summed E-state index contributed by atoms with van der Waals surface area (Å²) in [5, 5.41) is 23.2. The second-order valence-corrected chi connectivity index (χ2v) is 12.1. The molecule has 1 aromatic rings. The van der Waals surface area contributed by atoms with Crippen LogP contribution in [-0.4, -0.2) is 51.8 Å². The smallest absolute Gasteiger partial charge is 0.310 e. The molecule has 38 heavy (non-hydrogen) atoms. The number of esters is 1. The highest BCUT2D eigenvalue weighted by Crippen LogP contribution is 2.67. The first-order chi connectivity index (χ1) is 17.9. The van der Waals surface area contributed by atoms with E-state index in [2.05, 4.69) is 6.92 Å². The molecule has 2 N–H and O–H groups in total. The second-order valence-electron chi connectivity index (χ2n) is 12.1. The van der Waals surface area contributed by atoms with Crippen molar-refractivity contribution >= 4 is 23.3 Å². The van der Waals surface area contributed by atoms with Gasteiger partial charge < -0.3 is 14.9 Å². The molecule has 1 aromatic carbocycles. The van der Waals surface area contributed by atoms with Gasteiger partial charge in [-0.1, -0.05) is 49.8 Å². The molecule has 3 saturated carbocycles. The first kappa shape index (κ1) is 26.7. The quantitative estimate of drug-likeness (QED) is 0.435. The van der Waals surface area contributed by atoms with E-state index in [9.17, 15) is 29.4 Å². The van der Waals surface area contributed by atoms with E-state index in [-0.39, 0.29) is 48.6 Å². The number of carbonyl (C=O) groups excluding carboxylic acids is 4.